The molecule has 2 aliphatic carbocycles. The fourth-order valence-electron chi connectivity index (χ4n) is 3.84. The van der Waals surface area contributed by atoms with Gasteiger partial charge in [-0.25, -0.2) is 0 Å². The molecule has 0 spiro atoms. The summed E-state index contributed by atoms with van der Waals surface area (Å²) >= 11 is 6.20. The fraction of sp³-hybridized carbons (Fsp3) is 0.625. The van der Waals surface area contributed by atoms with Gasteiger partial charge in [-0.2, -0.15) is 0 Å². The summed E-state index contributed by atoms with van der Waals surface area (Å²) in [6, 6.07) is 0. The Bertz CT molecular complexity index is 455. The molecule has 5 heteroatoms. The summed E-state index contributed by atoms with van der Waals surface area (Å²) in [5, 5.41) is -0.0749. The van der Waals surface area contributed by atoms with Crippen LogP contribution in [0.3, 0.4) is 0 Å². The van der Waals surface area contributed by atoms with Gasteiger partial charge in [-0.15, -0.1) is 18.2 Å². The maximum absolute atomic E-state index is 12.4. The minimum atomic E-state index is -1.25. The molecule has 1 saturated carbocycles. The third-order valence-corrected chi connectivity index (χ3v) is 5.21. The van der Waals surface area contributed by atoms with Crippen molar-refractivity contribution >= 4 is 23.5 Å². The summed E-state index contributed by atoms with van der Waals surface area (Å²) in [5.41, 5.74) is -1.25. The molecule has 0 aromatic rings. The molecule has 2 aliphatic rings. The predicted molar refractivity (Wildman–Crippen MR) is 79.8 cm³/mol. The highest BCUT2D eigenvalue weighted by atomic mass is 35.5. The average molecular weight is 313 g/mol. The van der Waals surface area contributed by atoms with Gasteiger partial charge in [0.1, 0.15) is 0 Å². The number of carbonyl (C=O) groups excluding carboxylic acids is 2. The second-order valence-corrected chi connectivity index (χ2v) is 6.28. The van der Waals surface area contributed by atoms with Crippen molar-refractivity contribution in [3.63, 3.8) is 0 Å². The largest absolute Gasteiger partial charge is 0.468 e. The molecule has 0 radical (unpaired) electrons. The van der Waals surface area contributed by atoms with Gasteiger partial charge in [0.2, 0.25) is 0 Å². The monoisotopic (exact) mass is 312 g/mol. The number of esters is 2. The molecule has 0 aromatic heterocycles. The van der Waals surface area contributed by atoms with Crippen LogP contribution >= 0.6 is 11.6 Å². The SMILES string of the molecule is C=C[C@H]1CC(C(=O)OC)(C(=O)OC)[C@H]2CC[C@@H](Cl)C=C[C@@H]12. The van der Waals surface area contributed by atoms with Crippen molar-refractivity contribution in [1.82, 2.24) is 0 Å². The first-order valence-electron chi connectivity index (χ1n) is 7.13. The highest BCUT2D eigenvalue weighted by Gasteiger charge is 2.62. The number of halogens is 1. The molecule has 0 amide bonds. The van der Waals surface area contributed by atoms with Crippen LogP contribution in [-0.4, -0.2) is 31.5 Å². The molecule has 0 aliphatic heterocycles. The van der Waals surface area contributed by atoms with Crippen molar-refractivity contribution in [2.45, 2.75) is 24.6 Å². The number of alkyl halides is 1. The molecule has 2 rings (SSSR count). The Morgan fingerprint density at radius 3 is 2.38 bits per heavy atom. The van der Waals surface area contributed by atoms with Crippen LogP contribution in [0.4, 0.5) is 0 Å². The van der Waals surface area contributed by atoms with E-state index in [9.17, 15) is 9.59 Å². The Morgan fingerprint density at radius 2 is 1.86 bits per heavy atom. The van der Waals surface area contributed by atoms with Crippen LogP contribution < -0.4 is 0 Å². The first kappa shape index (κ1) is 16.1. The Balaban J connectivity index is 2.50. The van der Waals surface area contributed by atoms with Crippen molar-refractivity contribution in [3.8, 4) is 0 Å². The van der Waals surface area contributed by atoms with E-state index >= 15 is 0 Å². The molecule has 21 heavy (non-hydrogen) atoms. The molecule has 4 atom stereocenters. The van der Waals surface area contributed by atoms with Gasteiger partial charge >= 0.3 is 11.9 Å². The van der Waals surface area contributed by atoms with Gasteiger partial charge in [-0.05, 0) is 37.0 Å². The van der Waals surface area contributed by atoms with E-state index in [-0.39, 0.29) is 23.1 Å². The lowest BCUT2D eigenvalue weighted by molar-refractivity contribution is -0.173. The first-order valence-corrected chi connectivity index (χ1v) is 7.56. The van der Waals surface area contributed by atoms with Crippen molar-refractivity contribution in [3.05, 3.63) is 24.8 Å². The fourth-order valence-corrected chi connectivity index (χ4v) is 4.05. The lowest BCUT2D eigenvalue weighted by Gasteiger charge is -2.31. The molecule has 0 heterocycles. The second kappa shape index (κ2) is 6.22. The number of ether oxygens (including phenoxy) is 2. The lowest BCUT2D eigenvalue weighted by Crippen LogP contribution is -2.45. The van der Waals surface area contributed by atoms with Crippen LogP contribution in [0.15, 0.2) is 24.8 Å². The van der Waals surface area contributed by atoms with Gasteiger partial charge in [-0.3, -0.25) is 9.59 Å². The van der Waals surface area contributed by atoms with Gasteiger partial charge < -0.3 is 9.47 Å². The average Bonchev–Trinajstić information content (AvgIpc) is 2.70. The summed E-state index contributed by atoms with van der Waals surface area (Å²) in [6.45, 7) is 3.85. The molecule has 1 fully saturated rings. The first-order chi connectivity index (χ1) is 10.0. The van der Waals surface area contributed by atoms with E-state index in [0.29, 0.717) is 12.8 Å². The van der Waals surface area contributed by atoms with E-state index < -0.39 is 17.4 Å². The molecular formula is C16H21ClO4. The van der Waals surface area contributed by atoms with Gasteiger partial charge in [-0.1, -0.05) is 18.2 Å². The van der Waals surface area contributed by atoms with Crippen LogP contribution in [0.1, 0.15) is 19.3 Å². The van der Waals surface area contributed by atoms with E-state index in [2.05, 4.69) is 6.58 Å². The molecule has 0 aromatic carbocycles. The summed E-state index contributed by atoms with van der Waals surface area (Å²) < 4.78 is 9.88. The number of fused-ring (bicyclic) bond motifs is 1. The quantitative estimate of drug-likeness (QED) is 0.348. The van der Waals surface area contributed by atoms with Crippen LogP contribution in [-0.2, 0) is 19.1 Å². The van der Waals surface area contributed by atoms with Crippen LogP contribution in [0.25, 0.3) is 0 Å². The number of hydrogen-bond donors (Lipinski definition) is 0. The number of allylic oxidation sites excluding steroid dienone is 3. The summed E-state index contributed by atoms with van der Waals surface area (Å²) in [7, 11) is 2.61. The summed E-state index contributed by atoms with van der Waals surface area (Å²) in [5.74, 6) is -1.11. The van der Waals surface area contributed by atoms with Crippen molar-refractivity contribution < 1.29 is 19.1 Å². The molecule has 0 bridgehead atoms. The number of methoxy groups -OCH3 is 2. The second-order valence-electron chi connectivity index (χ2n) is 5.72. The third-order valence-electron chi connectivity index (χ3n) is 4.85. The minimum absolute atomic E-state index is 0.0337. The van der Waals surface area contributed by atoms with Crippen LogP contribution in [0.5, 0.6) is 0 Å². The molecular weight excluding hydrogens is 292 g/mol. The zero-order valence-corrected chi connectivity index (χ0v) is 13.1. The zero-order valence-electron chi connectivity index (χ0n) is 12.4. The number of hydrogen-bond acceptors (Lipinski definition) is 4. The Morgan fingerprint density at radius 1 is 1.24 bits per heavy atom. The van der Waals surface area contributed by atoms with Crippen molar-refractivity contribution in [1.29, 1.82) is 0 Å². The minimum Gasteiger partial charge on any atom is -0.468 e. The molecule has 0 saturated heterocycles. The summed E-state index contributed by atoms with van der Waals surface area (Å²) in [4.78, 5) is 24.9. The standard InChI is InChI=1S/C16H21ClO4/c1-4-10-9-16(14(18)20-2,15(19)21-3)13-8-6-11(17)5-7-12(10)13/h4-5,7,10-13H,1,6,8-9H2,2-3H3/t10-,11-,12-,13-/m0/s1. The van der Waals surface area contributed by atoms with Gasteiger partial charge in [0.05, 0.1) is 19.6 Å². The molecule has 4 nitrogen and oxygen atoms in total. The lowest BCUT2D eigenvalue weighted by atomic mass is 9.73. The van der Waals surface area contributed by atoms with E-state index in [4.69, 9.17) is 21.1 Å². The Hall–Kier alpha value is -1.29. The summed E-state index contributed by atoms with van der Waals surface area (Å²) in [6.07, 6.45) is 7.56. The van der Waals surface area contributed by atoms with Crippen molar-refractivity contribution in [2.75, 3.05) is 14.2 Å². The smallest absolute Gasteiger partial charge is 0.323 e. The number of rotatable bonds is 3. The predicted octanol–water partition coefficient (Wildman–Crippen LogP) is 2.71. The van der Waals surface area contributed by atoms with Gasteiger partial charge in [0.15, 0.2) is 5.41 Å². The van der Waals surface area contributed by atoms with Crippen molar-refractivity contribution in [2.24, 2.45) is 23.2 Å². The van der Waals surface area contributed by atoms with E-state index in [1.54, 1.807) is 0 Å². The van der Waals surface area contributed by atoms with E-state index in [1.807, 2.05) is 18.2 Å². The molecule has 0 N–H and O–H groups in total. The highest BCUT2D eigenvalue weighted by Crippen LogP contribution is 2.55. The van der Waals surface area contributed by atoms with E-state index in [0.717, 1.165) is 6.42 Å². The normalized spacial score (nSPS) is 33.7. The van der Waals surface area contributed by atoms with Gasteiger partial charge in [0.25, 0.3) is 0 Å². The maximum Gasteiger partial charge on any atom is 0.323 e. The Labute approximate surface area is 130 Å². The van der Waals surface area contributed by atoms with Gasteiger partial charge in [0, 0.05) is 0 Å². The molecule has 0 unspecified atom stereocenters. The zero-order chi connectivity index (χ0) is 15.6. The molecule has 116 valence electrons. The third kappa shape index (κ3) is 2.50. The van der Waals surface area contributed by atoms with Crippen LogP contribution in [0, 0.1) is 23.2 Å². The highest BCUT2D eigenvalue weighted by molar-refractivity contribution is 6.21. The van der Waals surface area contributed by atoms with E-state index in [1.165, 1.54) is 14.2 Å². The number of carbonyl (C=O) groups is 2. The topological polar surface area (TPSA) is 52.6 Å². The maximum atomic E-state index is 12.4. The van der Waals surface area contributed by atoms with Crippen LogP contribution in [0.2, 0.25) is 0 Å². The Kier molecular flexibility index (Phi) is 4.77.